The van der Waals surface area contributed by atoms with E-state index >= 15 is 0 Å². The van der Waals surface area contributed by atoms with E-state index in [0.717, 1.165) is 11.3 Å². The fourth-order valence-electron chi connectivity index (χ4n) is 1.72. The van der Waals surface area contributed by atoms with Crippen LogP contribution in [-0.2, 0) is 11.4 Å². The van der Waals surface area contributed by atoms with Crippen LogP contribution in [0.4, 0.5) is 0 Å². The number of amides is 1. The Morgan fingerprint density at radius 3 is 2.30 bits per heavy atom. The first kappa shape index (κ1) is 14.1. The lowest BCUT2D eigenvalue weighted by atomic mass is 10.2. The maximum Gasteiger partial charge on any atom is 0.277 e. The van der Waals surface area contributed by atoms with E-state index in [1.54, 1.807) is 38.4 Å². The van der Waals surface area contributed by atoms with Crippen molar-refractivity contribution in [3.63, 3.8) is 0 Å². The van der Waals surface area contributed by atoms with E-state index in [2.05, 4.69) is 0 Å². The summed E-state index contributed by atoms with van der Waals surface area (Å²) in [6.07, 6.45) is 0. The molecule has 0 bridgehead atoms. The first-order chi connectivity index (χ1) is 9.70. The number of hydrogen-bond acceptors (Lipinski definition) is 3. The minimum Gasteiger partial charge on any atom is -0.497 e. The molecule has 1 amide bonds. The molecule has 0 saturated heterocycles. The van der Waals surface area contributed by atoms with Gasteiger partial charge in [-0.05, 0) is 29.8 Å². The number of carbonyl (C=O) groups is 1. The predicted octanol–water partition coefficient (Wildman–Crippen LogP) is 2.90. The fourth-order valence-corrected chi connectivity index (χ4v) is 1.72. The Labute approximate surface area is 118 Å². The van der Waals surface area contributed by atoms with Crippen molar-refractivity contribution in [3.8, 4) is 5.75 Å². The highest BCUT2D eigenvalue weighted by molar-refractivity contribution is 5.93. The maximum absolute atomic E-state index is 12.1. The number of ether oxygens (including phenoxy) is 1. The summed E-state index contributed by atoms with van der Waals surface area (Å²) in [6, 6.07) is 16.6. The summed E-state index contributed by atoms with van der Waals surface area (Å²) >= 11 is 0. The third-order valence-electron chi connectivity index (χ3n) is 2.89. The zero-order valence-corrected chi connectivity index (χ0v) is 11.6. The lowest BCUT2D eigenvalue weighted by Gasteiger charge is -2.17. The number of methoxy groups -OCH3 is 1. The molecule has 0 heterocycles. The van der Waals surface area contributed by atoms with Gasteiger partial charge >= 0.3 is 0 Å². The highest BCUT2D eigenvalue weighted by atomic mass is 16.7. The highest BCUT2D eigenvalue weighted by Crippen LogP contribution is 2.13. The van der Waals surface area contributed by atoms with Crippen LogP contribution in [0.5, 0.6) is 5.75 Å². The topological polar surface area (TPSA) is 38.8 Å². The van der Waals surface area contributed by atoms with Crippen LogP contribution in [0, 0.1) is 0 Å². The van der Waals surface area contributed by atoms with Crippen LogP contribution < -0.4 is 4.74 Å². The van der Waals surface area contributed by atoms with Crippen LogP contribution in [0.25, 0.3) is 0 Å². The van der Waals surface area contributed by atoms with E-state index in [9.17, 15) is 4.79 Å². The molecule has 2 rings (SSSR count). The smallest absolute Gasteiger partial charge is 0.277 e. The van der Waals surface area contributed by atoms with Gasteiger partial charge in [-0.2, -0.15) is 0 Å². The SMILES string of the molecule is COc1ccc(C(=O)N(C)OCc2ccccc2)cc1. The van der Waals surface area contributed by atoms with Gasteiger partial charge in [0, 0.05) is 12.6 Å². The Morgan fingerprint density at radius 1 is 1.05 bits per heavy atom. The van der Waals surface area contributed by atoms with Gasteiger partial charge in [0.05, 0.1) is 7.11 Å². The van der Waals surface area contributed by atoms with Gasteiger partial charge in [-0.15, -0.1) is 0 Å². The van der Waals surface area contributed by atoms with Crippen molar-refractivity contribution in [2.24, 2.45) is 0 Å². The van der Waals surface area contributed by atoms with E-state index in [1.807, 2.05) is 30.3 Å². The largest absolute Gasteiger partial charge is 0.497 e. The minimum absolute atomic E-state index is 0.191. The average Bonchev–Trinajstić information content (AvgIpc) is 2.53. The Hall–Kier alpha value is -2.33. The number of hydroxylamine groups is 2. The summed E-state index contributed by atoms with van der Waals surface area (Å²) in [5.41, 5.74) is 1.57. The zero-order chi connectivity index (χ0) is 14.4. The standard InChI is InChI=1S/C16H17NO3/c1-17(20-12-13-6-4-3-5-7-13)16(18)14-8-10-15(19-2)11-9-14/h3-11H,12H2,1-2H3. The summed E-state index contributed by atoms with van der Waals surface area (Å²) in [4.78, 5) is 17.6. The predicted molar refractivity (Wildman–Crippen MR) is 76.3 cm³/mol. The number of carbonyl (C=O) groups excluding carboxylic acids is 1. The molecule has 0 N–H and O–H groups in total. The first-order valence-electron chi connectivity index (χ1n) is 6.29. The molecule has 0 fully saturated rings. The summed E-state index contributed by atoms with van der Waals surface area (Å²) < 4.78 is 5.06. The van der Waals surface area contributed by atoms with Crippen molar-refractivity contribution in [1.82, 2.24) is 5.06 Å². The van der Waals surface area contributed by atoms with Gasteiger partial charge in [0.1, 0.15) is 12.4 Å². The second-order valence-corrected chi connectivity index (χ2v) is 4.29. The van der Waals surface area contributed by atoms with Crippen LogP contribution in [0.2, 0.25) is 0 Å². The van der Waals surface area contributed by atoms with Crippen LogP contribution >= 0.6 is 0 Å². The maximum atomic E-state index is 12.1. The van der Waals surface area contributed by atoms with Gasteiger partial charge < -0.3 is 4.74 Å². The molecule has 4 nitrogen and oxygen atoms in total. The zero-order valence-electron chi connectivity index (χ0n) is 11.6. The molecule has 0 unspecified atom stereocenters. The fraction of sp³-hybridized carbons (Fsp3) is 0.188. The molecule has 2 aromatic carbocycles. The lowest BCUT2D eigenvalue weighted by molar-refractivity contribution is -0.116. The van der Waals surface area contributed by atoms with E-state index in [1.165, 1.54) is 5.06 Å². The highest BCUT2D eigenvalue weighted by Gasteiger charge is 2.12. The van der Waals surface area contributed by atoms with Gasteiger partial charge in [-0.1, -0.05) is 30.3 Å². The van der Waals surface area contributed by atoms with Crippen LogP contribution in [0.1, 0.15) is 15.9 Å². The average molecular weight is 271 g/mol. The van der Waals surface area contributed by atoms with E-state index < -0.39 is 0 Å². The van der Waals surface area contributed by atoms with Crippen molar-refractivity contribution in [2.75, 3.05) is 14.2 Å². The lowest BCUT2D eigenvalue weighted by Crippen LogP contribution is -2.26. The van der Waals surface area contributed by atoms with E-state index in [0.29, 0.717) is 12.2 Å². The molecule has 104 valence electrons. The third-order valence-corrected chi connectivity index (χ3v) is 2.89. The summed E-state index contributed by atoms with van der Waals surface area (Å²) in [7, 11) is 3.20. The van der Waals surface area contributed by atoms with Crippen molar-refractivity contribution >= 4 is 5.91 Å². The second-order valence-electron chi connectivity index (χ2n) is 4.29. The Morgan fingerprint density at radius 2 is 1.70 bits per heavy atom. The second kappa shape index (κ2) is 6.73. The van der Waals surface area contributed by atoms with Gasteiger partial charge in [0.15, 0.2) is 0 Å². The molecule has 20 heavy (non-hydrogen) atoms. The quantitative estimate of drug-likeness (QED) is 0.785. The first-order valence-corrected chi connectivity index (χ1v) is 6.29. The van der Waals surface area contributed by atoms with Crippen LogP contribution in [-0.4, -0.2) is 25.1 Å². The minimum atomic E-state index is -0.191. The molecule has 0 atom stereocenters. The third kappa shape index (κ3) is 3.59. The van der Waals surface area contributed by atoms with Gasteiger partial charge in [-0.3, -0.25) is 9.63 Å². The molecular weight excluding hydrogens is 254 g/mol. The van der Waals surface area contributed by atoms with Crippen molar-refractivity contribution in [1.29, 1.82) is 0 Å². The molecule has 2 aromatic rings. The Kier molecular flexibility index (Phi) is 4.74. The van der Waals surface area contributed by atoms with Crippen LogP contribution in [0.3, 0.4) is 0 Å². The molecule has 4 heteroatoms. The molecule has 0 saturated carbocycles. The molecule has 0 aliphatic heterocycles. The molecule has 0 aliphatic rings. The van der Waals surface area contributed by atoms with Crippen molar-refractivity contribution in [2.45, 2.75) is 6.61 Å². The van der Waals surface area contributed by atoms with Crippen molar-refractivity contribution < 1.29 is 14.4 Å². The van der Waals surface area contributed by atoms with E-state index in [4.69, 9.17) is 9.57 Å². The van der Waals surface area contributed by atoms with Crippen molar-refractivity contribution in [3.05, 3.63) is 65.7 Å². The molecule has 0 aromatic heterocycles. The monoisotopic (exact) mass is 271 g/mol. The number of hydrogen-bond donors (Lipinski definition) is 0. The molecular formula is C16H17NO3. The number of benzene rings is 2. The van der Waals surface area contributed by atoms with Gasteiger partial charge in [-0.25, -0.2) is 5.06 Å². The summed E-state index contributed by atoms with van der Waals surface area (Å²) in [5.74, 6) is 0.526. The molecule has 0 spiro atoms. The van der Waals surface area contributed by atoms with Gasteiger partial charge in [0.2, 0.25) is 0 Å². The molecule has 0 aliphatic carbocycles. The molecule has 0 radical (unpaired) electrons. The number of rotatable bonds is 5. The summed E-state index contributed by atoms with van der Waals surface area (Å²) in [6.45, 7) is 0.360. The Bertz CT molecular complexity index is 552. The van der Waals surface area contributed by atoms with Gasteiger partial charge in [0.25, 0.3) is 5.91 Å². The van der Waals surface area contributed by atoms with E-state index in [-0.39, 0.29) is 5.91 Å². The Balaban J connectivity index is 1.94. The normalized spacial score (nSPS) is 10.1. The number of nitrogens with zero attached hydrogens (tertiary/aromatic N) is 1. The van der Waals surface area contributed by atoms with Crippen LogP contribution in [0.15, 0.2) is 54.6 Å². The summed E-state index contributed by atoms with van der Waals surface area (Å²) in [5, 5.41) is 1.24.